The summed E-state index contributed by atoms with van der Waals surface area (Å²) in [5, 5.41) is 2.63. The van der Waals surface area contributed by atoms with E-state index < -0.39 is 24.5 Å². The molecule has 1 N–H and O–H groups in total. The summed E-state index contributed by atoms with van der Waals surface area (Å²) >= 11 is 0. The summed E-state index contributed by atoms with van der Waals surface area (Å²) in [5.41, 5.74) is 0.238. The maximum atomic E-state index is 13.6. The molecule has 1 aromatic carbocycles. The van der Waals surface area contributed by atoms with E-state index in [2.05, 4.69) is 5.32 Å². The normalized spacial score (nSPS) is 13.4. The quantitative estimate of drug-likeness (QED) is 0.823. The van der Waals surface area contributed by atoms with Crippen molar-refractivity contribution in [2.45, 2.75) is 25.6 Å². The minimum atomic E-state index is -4.22. The molecular formula is C12H15F4NO. The van der Waals surface area contributed by atoms with E-state index >= 15 is 0 Å². The van der Waals surface area contributed by atoms with Gasteiger partial charge in [-0.05, 0) is 19.1 Å². The Kier molecular flexibility index (Phi) is 4.95. The summed E-state index contributed by atoms with van der Waals surface area (Å²) in [6.07, 6.45) is -5.17. The van der Waals surface area contributed by atoms with Gasteiger partial charge in [0, 0.05) is 18.2 Å². The van der Waals surface area contributed by atoms with Crippen LogP contribution in [-0.2, 0) is 0 Å². The van der Waals surface area contributed by atoms with Gasteiger partial charge in [0.1, 0.15) is 11.6 Å². The zero-order valence-electron chi connectivity index (χ0n) is 10.1. The zero-order chi connectivity index (χ0) is 13.8. The third kappa shape index (κ3) is 4.18. The number of rotatable bonds is 5. The standard InChI is InChI=1S/C12H15F4NO/c1-8(17-7-6-12(14,15)16)11-9(13)4-3-5-10(11)18-2/h3-5,8,17H,6-7H2,1-2H3. The molecule has 0 amide bonds. The Labute approximate surface area is 103 Å². The molecule has 0 radical (unpaired) electrons. The van der Waals surface area contributed by atoms with Gasteiger partial charge in [-0.15, -0.1) is 0 Å². The average Bonchev–Trinajstić information content (AvgIpc) is 2.26. The molecule has 0 saturated heterocycles. The van der Waals surface area contributed by atoms with E-state index in [9.17, 15) is 17.6 Å². The lowest BCUT2D eigenvalue weighted by Gasteiger charge is -2.18. The molecule has 0 aliphatic heterocycles. The number of hydrogen-bond acceptors (Lipinski definition) is 2. The van der Waals surface area contributed by atoms with Gasteiger partial charge in [-0.1, -0.05) is 6.07 Å². The lowest BCUT2D eigenvalue weighted by Crippen LogP contribution is -2.25. The summed E-state index contributed by atoms with van der Waals surface area (Å²) in [6, 6.07) is 3.75. The van der Waals surface area contributed by atoms with Gasteiger partial charge in [0.15, 0.2) is 0 Å². The first-order valence-electron chi connectivity index (χ1n) is 5.47. The molecule has 2 nitrogen and oxygen atoms in total. The summed E-state index contributed by atoms with van der Waals surface area (Å²) in [7, 11) is 1.39. The number of methoxy groups -OCH3 is 1. The Morgan fingerprint density at radius 3 is 2.56 bits per heavy atom. The van der Waals surface area contributed by atoms with E-state index in [-0.39, 0.29) is 12.1 Å². The lowest BCUT2D eigenvalue weighted by molar-refractivity contribution is -0.133. The van der Waals surface area contributed by atoms with Gasteiger partial charge < -0.3 is 10.1 Å². The third-order valence-electron chi connectivity index (χ3n) is 2.52. The molecule has 0 saturated carbocycles. The molecule has 6 heteroatoms. The van der Waals surface area contributed by atoms with Crippen molar-refractivity contribution in [3.05, 3.63) is 29.6 Å². The first-order valence-corrected chi connectivity index (χ1v) is 5.47. The van der Waals surface area contributed by atoms with Crippen molar-refractivity contribution in [3.63, 3.8) is 0 Å². The largest absolute Gasteiger partial charge is 0.496 e. The van der Waals surface area contributed by atoms with E-state index in [1.807, 2.05) is 0 Å². The second-order valence-electron chi connectivity index (χ2n) is 3.90. The number of nitrogens with one attached hydrogen (secondary N) is 1. The smallest absolute Gasteiger partial charge is 0.390 e. The Balaban J connectivity index is 2.69. The van der Waals surface area contributed by atoms with Crippen LogP contribution in [0.15, 0.2) is 18.2 Å². The van der Waals surface area contributed by atoms with Crippen LogP contribution in [0, 0.1) is 5.82 Å². The second-order valence-corrected chi connectivity index (χ2v) is 3.90. The highest BCUT2D eigenvalue weighted by Crippen LogP contribution is 2.28. The minimum absolute atomic E-state index is 0.238. The van der Waals surface area contributed by atoms with Crippen LogP contribution >= 0.6 is 0 Å². The number of hydrogen-bond donors (Lipinski definition) is 1. The highest BCUT2D eigenvalue weighted by Gasteiger charge is 2.27. The van der Waals surface area contributed by atoms with Crippen molar-refractivity contribution >= 4 is 0 Å². The van der Waals surface area contributed by atoms with Crippen molar-refractivity contribution in [2.24, 2.45) is 0 Å². The topological polar surface area (TPSA) is 21.3 Å². The lowest BCUT2D eigenvalue weighted by atomic mass is 10.1. The summed E-state index contributed by atoms with van der Waals surface area (Å²) in [4.78, 5) is 0. The van der Waals surface area contributed by atoms with Gasteiger partial charge >= 0.3 is 6.18 Å². The fourth-order valence-electron chi connectivity index (χ4n) is 1.65. The van der Waals surface area contributed by atoms with E-state index in [0.717, 1.165) is 0 Å². The number of benzene rings is 1. The molecule has 0 fully saturated rings. The number of ether oxygens (including phenoxy) is 1. The molecule has 0 heterocycles. The highest BCUT2D eigenvalue weighted by atomic mass is 19.4. The van der Waals surface area contributed by atoms with Gasteiger partial charge in [-0.3, -0.25) is 0 Å². The highest BCUT2D eigenvalue weighted by molar-refractivity contribution is 5.36. The van der Waals surface area contributed by atoms with E-state index in [0.29, 0.717) is 5.75 Å². The molecule has 102 valence electrons. The van der Waals surface area contributed by atoms with Crippen LogP contribution in [0.4, 0.5) is 17.6 Å². The predicted octanol–water partition coefficient (Wildman–Crippen LogP) is 3.44. The molecule has 18 heavy (non-hydrogen) atoms. The molecule has 0 aliphatic carbocycles. The minimum Gasteiger partial charge on any atom is -0.496 e. The Morgan fingerprint density at radius 2 is 2.00 bits per heavy atom. The summed E-state index contributed by atoms with van der Waals surface area (Å²) in [5.74, 6) is -0.177. The Morgan fingerprint density at radius 1 is 1.33 bits per heavy atom. The van der Waals surface area contributed by atoms with Gasteiger partial charge in [0.2, 0.25) is 0 Å². The maximum absolute atomic E-state index is 13.6. The first kappa shape index (κ1) is 14.8. The summed E-state index contributed by atoms with van der Waals surface area (Å²) in [6.45, 7) is 1.33. The Bertz CT molecular complexity index is 392. The van der Waals surface area contributed by atoms with Crippen molar-refractivity contribution in [1.29, 1.82) is 0 Å². The van der Waals surface area contributed by atoms with Crippen LogP contribution in [0.3, 0.4) is 0 Å². The van der Waals surface area contributed by atoms with Crippen LogP contribution in [0.2, 0.25) is 0 Å². The van der Waals surface area contributed by atoms with Crippen LogP contribution < -0.4 is 10.1 Å². The van der Waals surface area contributed by atoms with Crippen molar-refractivity contribution < 1.29 is 22.3 Å². The van der Waals surface area contributed by atoms with Gasteiger partial charge in [0.05, 0.1) is 13.5 Å². The summed E-state index contributed by atoms with van der Waals surface area (Å²) < 4.78 is 54.6. The van der Waals surface area contributed by atoms with Gasteiger partial charge in [0.25, 0.3) is 0 Å². The van der Waals surface area contributed by atoms with Crippen LogP contribution in [0.5, 0.6) is 5.75 Å². The molecule has 1 aromatic rings. The monoisotopic (exact) mass is 265 g/mol. The molecule has 1 atom stereocenters. The van der Waals surface area contributed by atoms with Crippen molar-refractivity contribution in [2.75, 3.05) is 13.7 Å². The van der Waals surface area contributed by atoms with Crippen LogP contribution in [-0.4, -0.2) is 19.8 Å². The molecule has 0 spiro atoms. The first-order chi connectivity index (χ1) is 8.35. The molecule has 0 bridgehead atoms. The van der Waals surface area contributed by atoms with E-state index in [1.165, 1.54) is 19.2 Å². The predicted molar refractivity (Wildman–Crippen MR) is 60.0 cm³/mol. The van der Waals surface area contributed by atoms with E-state index in [1.54, 1.807) is 13.0 Å². The fraction of sp³-hybridized carbons (Fsp3) is 0.500. The van der Waals surface area contributed by atoms with E-state index in [4.69, 9.17) is 4.74 Å². The van der Waals surface area contributed by atoms with Crippen molar-refractivity contribution in [3.8, 4) is 5.75 Å². The molecule has 0 aliphatic rings. The molecule has 0 aromatic heterocycles. The zero-order valence-corrected chi connectivity index (χ0v) is 10.1. The average molecular weight is 265 g/mol. The Hall–Kier alpha value is -1.30. The molecule has 1 unspecified atom stereocenters. The van der Waals surface area contributed by atoms with Crippen molar-refractivity contribution in [1.82, 2.24) is 5.32 Å². The van der Waals surface area contributed by atoms with Gasteiger partial charge in [-0.2, -0.15) is 13.2 Å². The maximum Gasteiger partial charge on any atom is 0.390 e. The number of halogens is 4. The fourth-order valence-corrected chi connectivity index (χ4v) is 1.65. The molecule has 1 rings (SSSR count). The molecular weight excluding hydrogens is 250 g/mol. The van der Waals surface area contributed by atoms with Crippen LogP contribution in [0.1, 0.15) is 24.9 Å². The SMILES string of the molecule is COc1cccc(F)c1C(C)NCCC(F)(F)F. The van der Waals surface area contributed by atoms with Gasteiger partial charge in [-0.25, -0.2) is 4.39 Å². The number of alkyl halides is 3. The second kappa shape index (κ2) is 6.04. The van der Waals surface area contributed by atoms with Crippen LogP contribution in [0.25, 0.3) is 0 Å². The third-order valence-corrected chi connectivity index (χ3v) is 2.52.